The summed E-state index contributed by atoms with van der Waals surface area (Å²) in [5, 5.41) is 14.2. The van der Waals surface area contributed by atoms with Gasteiger partial charge in [0, 0.05) is 6.54 Å². The second-order valence-corrected chi connectivity index (χ2v) is 5.35. The smallest absolute Gasteiger partial charge is 0.341 e. The lowest BCUT2D eigenvalue weighted by Gasteiger charge is -2.11. The van der Waals surface area contributed by atoms with Crippen LogP contribution in [-0.2, 0) is 11.3 Å². The Bertz CT molecular complexity index is 817. The van der Waals surface area contributed by atoms with E-state index >= 15 is 0 Å². The Kier molecular flexibility index (Phi) is 6.73. The molecule has 0 aliphatic carbocycles. The van der Waals surface area contributed by atoms with Crippen LogP contribution in [0.3, 0.4) is 0 Å². The minimum Gasteiger partial charge on any atom is -0.496 e. The zero-order chi connectivity index (χ0) is 19.1. The van der Waals surface area contributed by atoms with E-state index in [0.29, 0.717) is 28.9 Å². The second-order valence-electron chi connectivity index (χ2n) is 5.00. The molecule has 0 unspecified atom stereocenters. The highest BCUT2D eigenvalue weighted by Crippen LogP contribution is 2.31. The first-order valence-corrected chi connectivity index (χ1v) is 8.11. The average molecular weight is 374 g/mol. The molecule has 0 aliphatic rings. The minimum atomic E-state index is -0.517. The molecule has 0 heterocycles. The molecule has 2 rings (SSSR count). The fourth-order valence-corrected chi connectivity index (χ4v) is 2.46. The van der Waals surface area contributed by atoms with Crippen LogP contribution in [0, 0.1) is 10.1 Å². The van der Waals surface area contributed by atoms with Crippen LogP contribution in [0.2, 0.25) is 0 Å². The van der Waals surface area contributed by atoms with E-state index in [1.165, 1.54) is 26.4 Å². The van der Waals surface area contributed by atoms with E-state index in [9.17, 15) is 14.9 Å². The third-order valence-electron chi connectivity index (χ3n) is 3.46. The van der Waals surface area contributed by atoms with E-state index < -0.39 is 10.9 Å². The topological polar surface area (TPSA) is 99.9 Å². The predicted molar refractivity (Wildman–Crippen MR) is 98.7 cm³/mol. The maximum absolute atomic E-state index is 11.7. The number of methoxy groups -OCH3 is 2. The van der Waals surface area contributed by atoms with E-state index in [-0.39, 0.29) is 18.0 Å². The largest absolute Gasteiger partial charge is 0.496 e. The van der Waals surface area contributed by atoms with Gasteiger partial charge in [0.15, 0.2) is 0 Å². The number of benzene rings is 2. The molecule has 2 radical (unpaired) electrons. The molecule has 10 heteroatoms. The van der Waals surface area contributed by atoms with E-state index in [0.717, 1.165) is 5.56 Å². The number of rotatable bonds is 8. The number of anilines is 1. The quantitative estimate of drug-likeness (QED) is 0.247. The highest BCUT2D eigenvalue weighted by molar-refractivity contribution is 8.16. The number of nitro benzene ring substituents is 1. The molecular formula is C16H15BN2O6S. The molecule has 0 amide bonds. The Morgan fingerprint density at radius 3 is 2.65 bits per heavy atom. The third-order valence-corrected chi connectivity index (χ3v) is 3.75. The molecule has 1 N–H and O–H groups in total. The first-order valence-electron chi connectivity index (χ1n) is 7.31. The summed E-state index contributed by atoms with van der Waals surface area (Å²) in [4.78, 5) is 22.4. The van der Waals surface area contributed by atoms with Gasteiger partial charge in [0.1, 0.15) is 22.7 Å². The number of hydrogen-bond donors (Lipinski definition) is 1. The second kappa shape index (κ2) is 9.00. The highest BCUT2D eigenvalue weighted by Gasteiger charge is 2.16. The van der Waals surface area contributed by atoms with Crippen molar-refractivity contribution in [3.05, 3.63) is 57.6 Å². The van der Waals surface area contributed by atoms with Crippen molar-refractivity contribution in [3.63, 3.8) is 0 Å². The molecule has 0 fully saturated rings. The first-order chi connectivity index (χ1) is 12.5. The van der Waals surface area contributed by atoms with Crippen molar-refractivity contribution in [1.29, 1.82) is 0 Å². The number of nitrogens with zero attached hydrogens (tertiary/aromatic N) is 1. The van der Waals surface area contributed by atoms with Gasteiger partial charge in [0.2, 0.25) is 7.12 Å². The van der Waals surface area contributed by atoms with Crippen LogP contribution in [0.5, 0.6) is 11.5 Å². The van der Waals surface area contributed by atoms with Gasteiger partial charge in [-0.05, 0) is 41.7 Å². The van der Waals surface area contributed by atoms with Crippen LogP contribution in [0.15, 0.2) is 36.4 Å². The Balaban J connectivity index is 2.20. The molecule has 26 heavy (non-hydrogen) atoms. The Labute approximate surface area is 155 Å². The van der Waals surface area contributed by atoms with Crippen molar-refractivity contribution in [2.75, 3.05) is 19.5 Å². The molecule has 2 aromatic rings. The number of ether oxygens (including phenoxy) is 2. The summed E-state index contributed by atoms with van der Waals surface area (Å²) in [5.74, 6) is 0.124. The number of nitrogens with one attached hydrogen (secondary N) is 1. The van der Waals surface area contributed by atoms with Crippen LogP contribution < -0.4 is 14.2 Å². The van der Waals surface area contributed by atoms with Crippen molar-refractivity contribution >= 4 is 36.4 Å². The number of carbonyl (C=O) groups is 1. The minimum absolute atomic E-state index is 0.144. The van der Waals surface area contributed by atoms with Crippen molar-refractivity contribution in [1.82, 2.24) is 0 Å². The average Bonchev–Trinajstić information content (AvgIpc) is 2.66. The summed E-state index contributed by atoms with van der Waals surface area (Å²) < 4.78 is 14.9. The van der Waals surface area contributed by atoms with E-state index in [1.807, 2.05) is 0 Å². The van der Waals surface area contributed by atoms with Gasteiger partial charge in [-0.3, -0.25) is 10.1 Å². The SMILES string of the molecule is [B]SOc1ccc(NCc2ccc(C(=O)OC)c(OC)c2)c([N+](=O)[O-])c1. The first kappa shape index (κ1) is 19.4. The standard InChI is InChI=1S/C16H15BN2O6S/c1-23-15-7-10(3-5-12(15)16(20)24-2)9-18-13-6-4-11(25-26-17)8-14(13)19(21)22/h3-8,18H,9H2,1-2H3. The lowest BCUT2D eigenvalue weighted by atomic mass is 10.1. The zero-order valence-electron chi connectivity index (χ0n) is 14.1. The number of carbonyl (C=O) groups excluding carboxylic acids is 1. The van der Waals surface area contributed by atoms with Crippen molar-refractivity contribution in [3.8, 4) is 11.5 Å². The van der Waals surface area contributed by atoms with Gasteiger partial charge in [0.25, 0.3) is 5.69 Å². The molecule has 0 saturated carbocycles. The molecule has 0 spiro atoms. The molecule has 134 valence electrons. The van der Waals surface area contributed by atoms with Gasteiger partial charge >= 0.3 is 5.97 Å². The summed E-state index contributed by atoms with van der Waals surface area (Å²) in [6.45, 7) is 0.282. The fraction of sp³-hybridized carbons (Fsp3) is 0.188. The summed E-state index contributed by atoms with van der Waals surface area (Å²) in [7, 11) is 7.92. The van der Waals surface area contributed by atoms with Gasteiger partial charge in [-0.1, -0.05) is 6.07 Å². The van der Waals surface area contributed by atoms with Crippen LogP contribution in [0.25, 0.3) is 0 Å². The Morgan fingerprint density at radius 1 is 1.27 bits per heavy atom. The molecule has 2 aromatic carbocycles. The van der Waals surface area contributed by atoms with Crippen LogP contribution >= 0.6 is 11.9 Å². The maximum atomic E-state index is 11.7. The highest BCUT2D eigenvalue weighted by atomic mass is 32.2. The summed E-state index contributed by atoms with van der Waals surface area (Å²) in [6, 6.07) is 9.32. The summed E-state index contributed by atoms with van der Waals surface area (Å²) in [5.41, 5.74) is 1.24. The molecule has 0 bridgehead atoms. The normalized spacial score (nSPS) is 10.1. The van der Waals surface area contributed by atoms with Crippen LogP contribution in [0.1, 0.15) is 15.9 Å². The number of esters is 1. The van der Waals surface area contributed by atoms with Gasteiger partial charge in [0.05, 0.1) is 25.2 Å². The summed E-state index contributed by atoms with van der Waals surface area (Å²) in [6.07, 6.45) is 0. The van der Waals surface area contributed by atoms with Gasteiger partial charge in [-0.15, -0.1) is 0 Å². The molecule has 0 aromatic heterocycles. The van der Waals surface area contributed by atoms with E-state index in [4.69, 9.17) is 16.0 Å². The van der Waals surface area contributed by atoms with E-state index in [2.05, 4.69) is 10.1 Å². The van der Waals surface area contributed by atoms with Crippen molar-refractivity contribution in [2.24, 2.45) is 0 Å². The van der Waals surface area contributed by atoms with Gasteiger partial charge in [-0.2, -0.15) is 0 Å². The van der Waals surface area contributed by atoms with Crippen LogP contribution in [-0.4, -0.2) is 32.2 Å². The molecule has 0 atom stereocenters. The van der Waals surface area contributed by atoms with Crippen molar-refractivity contribution in [2.45, 2.75) is 6.54 Å². The predicted octanol–water partition coefficient (Wildman–Crippen LogP) is 3.11. The number of nitro groups is 1. The molecule has 8 nitrogen and oxygen atoms in total. The maximum Gasteiger partial charge on any atom is 0.341 e. The van der Waals surface area contributed by atoms with E-state index in [1.54, 1.807) is 24.3 Å². The third kappa shape index (κ3) is 4.60. The summed E-state index contributed by atoms with van der Waals surface area (Å²) >= 11 is 0.606. The van der Waals surface area contributed by atoms with Gasteiger partial charge in [-0.25, -0.2) is 4.79 Å². The monoisotopic (exact) mass is 374 g/mol. The molecular weight excluding hydrogens is 359 g/mol. The van der Waals surface area contributed by atoms with Crippen LogP contribution in [0.4, 0.5) is 11.4 Å². The van der Waals surface area contributed by atoms with Gasteiger partial charge < -0.3 is 19.0 Å². The molecule has 0 aliphatic heterocycles. The lowest BCUT2D eigenvalue weighted by molar-refractivity contribution is -0.384. The lowest BCUT2D eigenvalue weighted by Crippen LogP contribution is -2.06. The Morgan fingerprint density at radius 2 is 2.04 bits per heavy atom. The zero-order valence-corrected chi connectivity index (χ0v) is 14.9. The number of hydrogen-bond acceptors (Lipinski definition) is 8. The fourth-order valence-electron chi connectivity index (χ4n) is 2.24. The Hall–Kier alpha value is -2.88. The molecule has 0 saturated heterocycles. The van der Waals surface area contributed by atoms with Crippen molar-refractivity contribution < 1.29 is 23.4 Å².